The SMILES string of the molecule is COC(=O)CC(c1coc2ccc(OC)cc2c1=O)c1c(O)ccc2c(=O)c(-c3ccc(O)cc3)coc12. The third kappa shape index (κ3) is 4.24. The van der Waals surface area contributed by atoms with Gasteiger partial charge < -0.3 is 28.5 Å². The number of ether oxygens (including phenoxy) is 2. The Morgan fingerprint density at radius 3 is 2.37 bits per heavy atom. The average molecular weight is 514 g/mol. The van der Waals surface area contributed by atoms with Crippen LogP contribution in [0.3, 0.4) is 0 Å². The van der Waals surface area contributed by atoms with Crippen LogP contribution in [0.15, 0.2) is 85.5 Å². The van der Waals surface area contributed by atoms with Crippen LogP contribution in [0.5, 0.6) is 17.2 Å². The van der Waals surface area contributed by atoms with E-state index in [1.165, 1.54) is 57.1 Å². The summed E-state index contributed by atoms with van der Waals surface area (Å²) in [5, 5.41) is 20.9. The zero-order chi connectivity index (χ0) is 27.0. The molecule has 0 fully saturated rings. The molecule has 0 bridgehead atoms. The van der Waals surface area contributed by atoms with Gasteiger partial charge in [-0.3, -0.25) is 14.4 Å². The largest absolute Gasteiger partial charge is 0.508 e. The number of hydrogen-bond acceptors (Lipinski definition) is 9. The molecular weight excluding hydrogens is 492 g/mol. The number of fused-ring (bicyclic) bond motifs is 2. The second-order valence-electron chi connectivity index (χ2n) is 8.62. The van der Waals surface area contributed by atoms with Crippen LogP contribution in [0.2, 0.25) is 0 Å². The number of carbonyl (C=O) groups excluding carboxylic acids is 1. The van der Waals surface area contributed by atoms with Gasteiger partial charge in [-0.25, -0.2) is 0 Å². The van der Waals surface area contributed by atoms with Crippen molar-refractivity contribution in [2.75, 3.05) is 14.2 Å². The van der Waals surface area contributed by atoms with Gasteiger partial charge in [0.25, 0.3) is 0 Å². The van der Waals surface area contributed by atoms with Crippen molar-refractivity contribution in [3.63, 3.8) is 0 Å². The molecule has 38 heavy (non-hydrogen) atoms. The highest BCUT2D eigenvalue weighted by atomic mass is 16.5. The van der Waals surface area contributed by atoms with Crippen molar-refractivity contribution in [1.82, 2.24) is 0 Å². The van der Waals surface area contributed by atoms with Gasteiger partial charge in [-0.15, -0.1) is 0 Å². The lowest BCUT2D eigenvalue weighted by Gasteiger charge is -2.19. The standard InChI is InChI=1S/C29H22O9/c1-35-17-7-10-24-20(11-17)28(34)22(14-37-24)19(12-25(32)36-2)26-23(31)9-8-18-27(33)21(13-38-29(18)26)15-3-5-16(30)6-4-15/h3-11,13-14,19,30-31H,12H2,1-2H3. The minimum absolute atomic E-state index is 0.0107. The van der Waals surface area contributed by atoms with E-state index in [0.29, 0.717) is 16.9 Å². The summed E-state index contributed by atoms with van der Waals surface area (Å²) in [7, 11) is 2.68. The summed E-state index contributed by atoms with van der Waals surface area (Å²) in [6, 6.07) is 13.5. The lowest BCUT2D eigenvalue weighted by atomic mass is 9.86. The van der Waals surface area contributed by atoms with Crippen LogP contribution < -0.4 is 15.6 Å². The predicted molar refractivity (Wildman–Crippen MR) is 139 cm³/mol. The van der Waals surface area contributed by atoms with Crippen molar-refractivity contribution in [3.05, 3.63) is 98.7 Å². The monoisotopic (exact) mass is 514 g/mol. The Labute approximate surface area is 215 Å². The van der Waals surface area contributed by atoms with Gasteiger partial charge in [0.2, 0.25) is 5.43 Å². The van der Waals surface area contributed by atoms with Crippen molar-refractivity contribution >= 4 is 27.9 Å². The quantitative estimate of drug-likeness (QED) is 0.309. The van der Waals surface area contributed by atoms with Crippen molar-refractivity contribution in [2.45, 2.75) is 12.3 Å². The van der Waals surface area contributed by atoms with Crippen LogP contribution in [0, 0.1) is 0 Å². The normalized spacial score (nSPS) is 11.9. The molecule has 9 heteroatoms. The fourth-order valence-electron chi connectivity index (χ4n) is 4.50. The summed E-state index contributed by atoms with van der Waals surface area (Å²) in [6.45, 7) is 0. The minimum atomic E-state index is -1.07. The van der Waals surface area contributed by atoms with Crippen molar-refractivity contribution in [3.8, 4) is 28.4 Å². The first-order valence-electron chi connectivity index (χ1n) is 11.6. The van der Waals surface area contributed by atoms with Crippen molar-refractivity contribution in [1.29, 1.82) is 0 Å². The third-order valence-electron chi connectivity index (χ3n) is 6.46. The molecule has 0 aliphatic heterocycles. The number of benzene rings is 3. The molecule has 0 saturated heterocycles. The van der Waals surface area contributed by atoms with Crippen LogP contribution in [-0.2, 0) is 9.53 Å². The first kappa shape index (κ1) is 24.6. The number of phenols is 2. The minimum Gasteiger partial charge on any atom is -0.508 e. The highest BCUT2D eigenvalue weighted by Gasteiger charge is 2.29. The predicted octanol–water partition coefficient (Wildman–Crippen LogP) is 4.68. The molecule has 0 saturated carbocycles. The second kappa shape index (κ2) is 9.78. The maximum Gasteiger partial charge on any atom is 0.306 e. The number of methoxy groups -OCH3 is 2. The highest BCUT2D eigenvalue weighted by molar-refractivity contribution is 5.88. The Hall–Kier alpha value is -5.05. The van der Waals surface area contributed by atoms with E-state index >= 15 is 0 Å². The Morgan fingerprint density at radius 1 is 0.895 bits per heavy atom. The number of hydrogen-bond donors (Lipinski definition) is 2. The number of rotatable bonds is 6. The van der Waals surface area contributed by atoms with Crippen LogP contribution in [-0.4, -0.2) is 30.4 Å². The van der Waals surface area contributed by atoms with Crippen LogP contribution in [0.4, 0.5) is 0 Å². The Balaban J connectivity index is 1.76. The Kier molecular flexibility index (Phi) is 6.34. The fourth-order valence-corrected chi connectivity index (χ4v) is 4.50. The molecule has 9 nitrogen and oxygen atoms in total. The third-order valence-corrected chi connectivity index (χ3v) is 6.46. The lowest BCUT2D eigenvalue weighted by molar-refractivity contribution is -0.140. The second-order valence-corrected chi connectivity index (χ2v) is 8.62. The maximum atomic E-state index is 13.6. The van der Waals surface area contributed by atoms with E-state index in [2.05, 4.69) is 0 Å². The van der Waals surface area contributed by atoms with Crippen LogP contribution >= 0.6 is 0 Å². The number of esters is 1. The van der Waals surface area contributed by atoms with Gasteiger partial charge in [0, 0.05) is 17.0 Å². The summed E-state index contributed by atoms with van der Waals surface area (Å²) < 4.78 is 21.7. The summed E-state index contributed by atoms with van der Waals surface area (Å²) in [4.78, 5) is 39.5. The molecule has 3 aromatic carbocycles. The van der Waals surface area contributed by atoms with Gasteiger partial charge in [-0.05, 0) is 48.0 Å². The molecule has 2 N–H and O–H groups in total. The molecular formula is C29H22O9. The first-order chi connectivity index (χ1) is 18.3. The summed E-state index contributed by atoms with van der Waals surface area (Å²) in [6.07, 6.45) is 2.13. The van der Waals surface area contributed by atoms with Crippen molar-refractivity contribution in [2.24, 2.45) is 0 Å². The number of phenolic OH excluding ortho intramolecular Hbond substituents is 2. The first-order valence-corrected chi connectivity index (χ1v) is 11.6. The van der Waals surface area contributed by atoms with E-state index < -0.39 is 22.7 Å². The van der Waals surface area contributed by atoms with Gasteiger partial charge in [0.05, 0.1) is 43.2 Å². The van der Waals surface area contributed by atoms with Crippen LogP contribution in [0.25, 0.3) is 33.1 Å². The lowest BCUT2D eigenvalue weighted by Crippen LogP contribution is -2.19. The molecule has 0 aliphatic carbocycles. The molecule has 0 radical (unpaired) electrons. The molecule has 1 atom stereocenters. The summed E-state index contributed by atoms with van der Waals surface area (Å²) in [5.74, 6) is -1.52. The molecule has 0 spiro atoms. The van der Waals surface area contributed by atoms with E-state index in [0.717, 1.165) is 0 Å². The molecule has 2 aromatic heterocycles. The topological polar surface area (TPSA) is 136 Å². The average Bonchev–Trinajstić information content (AvgIpc) is 2.93. The van der Waals surface area contributed by atoms with E-state index in [4.69, 9.17) is 18.3 Å². The molecule has 0 amide bonds. The summed E-state index contributed by atoms with van der Waals surface area (Å²) in [5.41, 5.74) is 0.351. The molecule has 0 aliphatic rings. The Bertz CT molecular complexity index is 1800. The van der Waals surface area contributed by atoms with E-state index in [1.54, 1.807) is 24.3 Å². The van der Waals surface area contributed by atoms with Crippen molar-refractivity contribution < 1.29 is 33.3 Å². The zero-order valence-corrected chi connectivity index (χ0v) is 20.4. The number of carbonyl (C=O) groups is 1. The number of aromatic hydroxyl groups is 2. The van der Waals surface area contributed by atoms with E-state index in [1.807, 2.05) is 0 Å². The van der Waals surface area contributed by atoms with E-state index in [9.17, 15) is 24.6 Å². The Morgan fingerprint density at radius 2 is 1.66 bits per heavy atom. The highest BCUT2D eigenvalue weighted by Crippen LogP contribution is 2.39. The molecule has 192 valence electrons. The zero-order valence-electron chi connectivity index (χ0n) is 20.4. The molecule has 5 aromatic rings. The molecule has 5 rings (SSSR count). The fraction of sp³-hybridized carbons (Fsp3) is 0.138. The van der Waals surface area contributed by atoms with Gasteiger partial charge in [-0.1, -0.05) is 12.1 Å². The summed E-state index contributed by atoms with van der Waals surface area (Å²) >= 11 is 0. The smallest absolute Gasteiger partial charge is 0.306 e. The van der Waals surface area contributed by atoms with Gasteiger partial charge in [-0.2, -0.15) is 0 Å². The molecule has 2 heterocycles. The van der Waals surface area contributed by atoms with Gasteiger partial charge in [0.15, 0.2) is 5.43 Å². The maximum absolute atomic E-state index is 13.6. The molecule has 1 unspecified atom stereocenters. The van der Waals surface area contributed by atoms with Crippen LogP contribution in [0.1, 0.15) is 23.5 Å². The van der Waals surface area contributed by atoms with Gasteiger partial charge in [0.1, 0.15) is 34.7 Å². The van der Waals surface area contributed by atoms with Gasteiger partial charge >= 0.3 is 5.97 Å². The van der Waals surface area contributed by atoms with E-state index in [-0.39, 0.29) is 51.0 Å².